The van der Waals surface area contributed by atoms with Gasteiger partial charge in [-0.05, 0) is 80.8 Å². The van der Waals surface area contributed by atoms with E-state index in [4.69, 9.17) is 11.5 Å². The van der Waals surface area contributed by atoms with Gasteiger partial charge in [-0.3, -0.25) is 9.59 Å². The summed E-state index contributed by atoms with van der Waals surface area (Å²) < 4.78 is 0.935. The van der Waals surface area contributed by atoms with E-state index in [1.165, 1.54) is 0 Å². The van der Waals surface area contributed by atoms with Crippen molar-refractivity contribution in [3.63, 3.8) is 0 Å². The number of carbonyl (C=O) groups is 2. The van der Waals surface area contributed by atoms with E-state index < -0.39 is 16.7 Å². The summed E-state index contributed by atoms with van der Waals surface area (Å²) in [6.07, 6.45) is 8.14. The molecule has 1 aromatic carbocycles. The van der Waals surface area contributed by atoms with Gasteiger partial charge in [0.15, 0.2) is 0 Å². The van der Waals surface area contributed by atoms with Crippen LogP contribution in [0.5, 0.6) is 0 Å². The molecule has 5 nitrogen and oxygen atoms in total. The van der Waals surface area contributed by atoms with E-state index in [0.29, 0.717) is 0 Å². The summed E-state index contributed by atoms with van der Waals surface area (Å²) >= 11 is 3.50. The summed E-state index contributed by atoms with van der Waals surface area (Å²) in [6.45, 7) is 1.81. The molecular weight excluding hydrogens is 430 g/mol. The Morgan fingerprint density at radius 2 is 1.59 bits per heavy atom. The van der Waals surface area contributed by atoms with Gasteiger partial charge in [-0.25, -0.2) is 0 Å². The third kappa shape index (κ3) is 2.14. The third-order valence-corrected chi connectivity index (χ3v) is 9.16. The van der Waals surface area contributed by atoms with Crippen molar-refractivity contribution in [2.75, 3.05) is 20.1 Å². The molecule has 1 heterocycles. The van der Waals surface area contributed by atoms with Gasteiger partial charge in [0.1, 0.15) is 0 Å². The molecule has 4 aliphatic rings. The highest BCUT2D eigenvalue weighted by molar-refractivity contribution is 9.10. The first-order chi connectivity index (χ1) is 13.8. The second-order valence-electron chi connectivity index (χ2n) is 9.56. The maximum atomic E-state index is 13.5. The average molecular weight is 458 g/mol. The summed E-state index contributed by atoms with van der Waals surface area (Å²) in [5.41, 5.74) is 11.3. The fourth-order valence-electron chi connectivity index (χ4n) is 7.47. The minimum atomic E-state index is -1.09. The largest absolute Gasteiger partial charge is 0.369 e. The number of hydrogen-bond donors (Lipinski definition) is 2. The number of likely N-dealkylation sites (tertiary alicyclic amines) is 1. The van der Waals surface area contributed by atoms with Gasteiger partial charge in [0.25, 0.3) is 0 Å². The monoisotopic (exact) mass is 457 g/mol. The number of nitrogens with zero attached hydrogens (tertiary/aromatic N) is 1. The van der Waals surface area contributed by atoms with Gasteiger partial charge in [-0.1, -0.05) is 40.2 Å². The molecule has 2 bridgehead atoms. The molecule has 4 N–H and O–H groups in total. The van der Waals surface area contributed by atoms with E-state index in [2.05, 4.69) is 40.0 Å². The maximum Gasteiger partial charge on any atom is 0.229 e. The van der Waals surface area contributed by atoms with Crippen LogP contribution in [0.25, 0.3) is 0 Å². The molecule has 154 valence electrons. The molecule has 0 unspecified atom stereocenters. The highest BCUT2D eigenvalue weighted by Gasteiger charge is 2.84. The number of halogens is 1. The second kappa shape index (κ2) is 6.17. The van der Waals surface area contributed by atoms with E-state index in [0.717, 1.165) is 48.8 Å². The minimum absolute atomic E-state index is 0.0120. The van der Waals surface area contributed by atoms with Crippen LogP contribution >= 0.6 is 15.9 Å². The molecule has 29 heavy (non-hydrogen) atoms. The van der Waals surface area contributed by atoms with Crippen molar-refractivity contribution in [2.24, 2.45) is 40.1 Å². The number of rotatable bonds is 4. The van der Waals surface area contributed by atoms with Crippen molar-refractivity contribution >= 4 is 27.7 Å². The Bertz CT molecular complexity index is 901. The molecule has 1 aliphatic heterocycles. The molecule has 2 saturated carbocycles. The molecule has 1 spiro atoms. The van der Waals surface area contributed by atoms with Crippen LogP contribution in [0.4, 0.5) is 0 Å². The van der Waals surface area contributed by atoms with Crippen molar-refractivity contribution in [1.29, 1.82) is 0 Å². The van der Waals surface area contributed by atoms with Gasteiger partial charge in [0, 0.05) is 10.4 Å². The average Bonchev–Trinajstić information content (AvgIpc) is 3.35. The molecule has 5 rings (SSSR count). The van der Waals surface area contributed by atoms with Gasteiger partial charge in [0.05, 0.1) is 10.8 Å². The molecule has 1 aromatic rings. The van der Waals surface area contributed by atoms with Crippen LogP contribution in [0.1, 0.15) is 31.2 Å². The number of nitrogens with two attached hydrogens (primary N) is 2. The van der Waals surface area contributed by atoms with Crippen molar-refractivity contribution in [3.8, 4) is 0 Å². The topological polar surface area (TPSA) is 89.4 Å². The molecule has 0 aromatic heterocycles. The lowest BCUT2D eigenvalue weighted by Gasteiger charge is -2.53. The molecular formula is C23H28BrN3O2. The Labute approximate surface area is 180 Å². The Morgan fingerprint density at radius 3 is 2.10 bits per heavy atom. The smallest absolute Gasteiger partial charge is 0.229 e. The fourth-order valence-corrected chi connectivity index (χ4v) is 7.73. The van der Waals surface area contributed by atoms with E-state index in [1.54, 1.807) is 0 Å². The van der Waals surface area contributed by atoms with Crippen LogP contribution < -0.4 is 11.5 Å². The number of piperidine rings is 1. The Hall–Kier alpha value is -1.66. The number of allylic oxidation sites excluding steroid dienone is 2. The molecule has 3 aliphatic carbocycles. The first kappa shape index (κ1) is 19.3. The number of hydrogen-bond acceptors (Lipinski definition) is 3. The van der Waals surface area contributed by atoms with E-state index >= 15 is 0 Å². The van der Waals surface area contributed by atoms with E-state index in [1.807, 2.05) is 24.3 Å². The highest BCUT2D eigenvalue weighted by atomic mass is 79.9. The van der Waals surface area contributed by atoms with Crippen molar-refractivity contribution in [1.82, 2.24) is 4.90 Å². The van der Waals surface area contributed by atoms with Crippen LogP contribution in [-0.4, -0.2) is 36.9 Å². The lowest BCUT2D eigenvalue weighted by atomic mass is 9.48. The molecule has 2 amide bonds. The zero-order chi connectivity index (χ0) is 20.6. The van der Waals surface area contributed by atoms with Crippen LogP contribution in [0.2, 0.25) is 0 Å². The third-order valence-electron chi connectivity index (χ3n) is 8.63. The van der Waals surface area contributed by atoms with Crippen LogP contribution in [0, 0.1) is 28.6 Å². The predicted molar refractivity (Wildman–Crippen MR) is 115 cm³/mol. The fraction of sp³-hybridized carbons (Fsp3) is 0.565. The van der Waals surface area contributed by atoms with E-state index in [-0.39, 0.29) is 29.1 Å². The predicted octanol–water partition coefficient (Wildman–Crippen LogP) is 2.58. The number of primary amides is 2. The SMILES string of the molecule is CN1CCC([C@@]2(C(N)=O)[C@@H]3C=C[C@@H](C34CC4)[C@@]2(C(N)=O)c2ccc(Br)cc2)CC1. The Balaban J connectivity index is 1.80. The lowest BCUT2D eigenvalue weighted by Crippen LogP contribution is -2.66. The quantitative estimate of drug-likeness (QED) is 0.680. The molecule has 4 atom stereocenters. The zero-order valence-corrected chi connectivity index (χ0v) is 18.3. The number of carbonyl (C=O) groups excluding carboxylic acids is 2. The lowest BCUT2D eigenvalue weighted by molar-refractivity contribution is -0.150. The minimum Gasteiger partial charge on any atom is -0.369 e. The molecule has 3 fully saturated rings. The van der Waals surface area contributed by atoms with Gasteiger partial charge in [0.2, 0.25) is 11.8 Å². The highest BCUT2D eigenvalue weighted by Crippen LogP contribution is 2.81. The van der Waals surface area contributed by atoms with E-state index in [9.17, 15) is 9.59 Å². The molecule has 0 radical (unpaired) electrons. The summed E-state index contributed by atoms with van der Waals surface area (Å²) in [5, 5.41) is 0. The van der Waals surface area contributed by atoms with Crippen LogP contribution in [0.3, 0.4) is 0 Å². The maximum absolute atomic E-state index is 13.5. The zero-order valence-electron chi connectivity index (χ0n) is 16.7. The van der Waals surface area contributed by atoms with Crippen LogP contribution in [-0.2, 0) is 15.0 Å². The first-order valence-corrected chi connectivity index (χ1v) is 11.3. The standard InChI is InChI=1S/C23H28BrN3O2/c1-27-12-8-15(9-13-27)23(20(26)29)18-7-6-17(21(18)10-11-21)22(23,19(25)28)14-2-4-16(24)5-3-14/h2-7,15,17-18H,8-13H2,1H3,(H2,25,28)(H2,26,29)/t17-,18+,22+,23-/m0/s1. The molecule has 1 saturated heterocycles. The van der Waals surface area contributed by atoms with Crippen LogP contribution in [0.15, 0.2) is 40.9 Å². The molecule has 6 heteroatoms. The van der Waals surface area contributed by atoms with Gasteiger partial charge in [-0.15, -0.1) is 0 Å². The van der Waals surface area contributed by atoms with Crippen molar-refractivity contribution in [3.05, 3.63) is 46.5 Å². The summed E-state index contributed by atoms with van der Waals surface area (Å²) in [5.74, 6) is -0.782. The van der Waals surface area contributed by atoms with Crippen molar-refractivity contribution in [2.45, 2.75) is 31.1 Å². The normalized spacial score (nSPS) is 37.9. The number of benzene rings is 1. The Kier molecular flexibility index (Phi) is 4.11. The summed E-state index contributed by atoms with van der Waals surface area (Å²) in [4.78, 5) is 29.3. The summed E-state index contributed by atoms with van der Waals surface area (Å²) in [7, 11) is 2.10. The first-order valence-electron chi connectivity index (χ1n) is 10.5. The van der Waals surface area contributed by atoms with Gasteiger partial charge >= 0.3 is 0 Å². The summed E-state index contributed by atoms with van der Waals surface area (Å²) in [6, 6.07) is 7.81. The van der Waals surface area contributed by atoms with Gasteiger partial charge in [-0.2, -0.15) is 0 Å². The van der Waals surface area contributed by atoms with Gasteiger partial charge < -0.3 is 16.4 Å². The van der Waals surface area contributed by atoms with Crippen molar-refractivity contribution < 1.29 is 9.59 Å². The second-order valence-corrected chi connectivity index (χ2v) is 10.5. The number of amides is 2. The Morgan fingerprint density at radius 1 is 1.00 bits per heavy atom.